The number of hydrogen-bond acceptors (Lipinski definition) is 6. The smallest absolute Gasteiger partial charge is 0.346 e. The third-order valence-electron chi connectivity index (χ3n) is 3.38. The molecule has 1 atom stereocenters. The summed E-state index contributed by atoms with van der Waals surface area (Å²) in [6.07, 6.45) is 0.366. The van der Waals surface area contributed by atoms with Gasteiger partial charge in [0.15, 0.2) is 9.84 Å². The molecule has 3 heterocycles. The Morgan fingerprint density at radius 3 is 2.83 bits per heavy atom. The summed E-state index contributed by atoms with van der Waals surface area (Å²) < 4.78 is 23.4. The Bertz CT molecular complexity index is 919. The largest absolute Gasteiger partial charge is 0.347 e. The Balaban J connectivity index is 1.84. The van der Waals surface area contributed by atoms with Crippen molar-refractivity contribution in [3.05, 3.63) is 38.7 Å². The highest BCUT2D eigenvalue weighted by molar-refractivity contribution is 7.91. The molecule has 1 aliphatic rings. The van der Waals surface area contributed by atoms with Crippen molar-refractivity contribution in [1.82, 2.24) is 15.3 Å². The van der Waals surface area contributed by atoms with Crippen LogP contribution in [0.1, 0.15) is 16.9 Å². The number of halogens is 1. The number of carbonyl (C=O) groups is 1. The van der Waals surface area contributed by atoms with Gasteiger partial charge in [-0.1, -0.05) is 11.6 Å². The maximum absolute atomic E-state index is 12.2. The molecule has 1 saturated heterocycles. The number of H-pyrrole nitrogens is 1. The first-order valence-electron chi connectivity index (χ1n) is 6.71. The second-order valence-electron chi connectivity index (χ2n) is 5.16. The molecule has 2 aromatic rings. The molecule has 122 valence electrons. The first kappa shape index (κ1) is 16.2. The minimum absolute atomic E-state index is 0.0553. The highest BCUT2D eigenvalue weighted by Crippen LogP contribution is 2.29. The number of amides is 1. The van der Waals surface area contributed by atoms with Crippen LogP contribution in [-0.2, 0) is 9.84 Å². The van der Waals surface area contributed by atoms with Crippen LogP contribution in [0, 0.1) is 0 Å². The van der Waals surface area contributed by atoms with E-state index in [0.717, 1.165) is 0 Å². The van der Waals surface area contributed by atoms with Gasteiger partial charge < -0.3 is 10.3 Å². The van der Waals surface area contributed by atoms with Crippen LogP contribution in [0.3, 0.4) is 0 Å². The third-order valence-corrected chi connectivity index (χ3v) is 6.42. The van der Waals surface area contributed by atoms with Gasteiger partial charge in [-0.2, -0.15) is 4.98 Å². The van der Waals surface area contributed by atoms with E-state index in [2.05, 4.69) is 15.3 Å². The van der Waals surface area contributed by atoms with Crippen LogP contribution in [0.5, 0.6) is 0 Å². The van der Waals surface area contributed by atoms with Gasteiger partial charge in [0, 0.05) is 6.04 Å². The van der Waals surface area contributed by atoms with E-state index in [0.29, 0.717) is 21.3 Å². The molecular weight excluding hydrogens is 362 g/mol. The monoisotopic (exact) mass is 373 g/mol. The van der Waals surface area contributed by atoms with Crippen LogP contribution in [0.2, 0.25) is 4.34 Å². The van der Waals surface area contributed by atoms with E-state index in [4.69, 9.17) is 11.6 Å². The summed E-state index contributed by atoms with van der Waals surface area (Å²) in [5.74, 6) is -0.600. The minimum atomic E-state index is -3.10. The van der Waals surface area contributed by atoms with E-state index < -0.39 is 27.5 Å². The molecule has 0 saturated carbocycles. The lowest BCUT2D eigenvalue weighted by Gasteiger charge is -2.10. The zero-order chi connectivity index (χ0) is 16.6. The average molecular weight is 374 g/mol. The molecule has 0 radical (unpaired) electrons. The SMILES string of the molecule is O=C(NC1CCS(=O)(=O)C1)c1cc(-c2ccc(Cl)s2)[nH]c(=O)n1. The summed E-state index contributed by atoms with van der Waals surface area (Å²) in [7, 11) is -3.10. The molecule has 2 N–H and O–H groups in total. The topological polar surface area (TPSA) is 109 Å². The fourth-order valence-corrected chi connectivity index (χ4v) is 5.02. The molecule has 23 heavy (non-hydrogen) atoms. The minimum Gasteiger partial charge on any atom is -0.347 e. The molecule has 1 unspecified atom stereocenters. The van der Waals surface area contributed by atoms with Gasteiger partial charge in [0.2, 0.25) is 0 Å². The first-order chi connectivity index (χ1) is 10.8. The molecule has 0 bridgehead atoms. The van der Waals surface area contributed by atoms with Crippen LogP contribution in [0.25, 0.3) is 10.6 Å². The molecule has 10 heteroatoms. The number of aromatic nitrogens is 2. The quantitative estimate of drug-likeness (QED) is 0.836. The standard InChI is InChI=1S/C13H12ClN3O4S2/c14-11-2-1-10(22-11)8-5-9(17-13(19)16-8)12(18)15-7-3-4-23(20,21)6-7/h1-2,5,7H,3-4,6H2,(H,15,18)(H,16,17,19). The maximum atomic E-state index is 12.2. The van der Waals surface area contributed by atoms with Crippen molar-refractivity contribution < 1.29 is 13.2 Å². The fraction of sp³-hybridized carbons (Fsp3) is 0.308. The normalized spacial score (nSPS) is 19.6. The molecule has 3 rings (SSSR count). The van der Waals surface area contributed by atoms with Crippen LogP contribution in [0.4, 0.5) is 0 Å². The maximum Gasteiger partial charge on any atom is 0.346 e. The Hall–Kier alpha value is -1.71. The first-order valence-corrected chi connectivity index (χ1v) is 9.72. The summed E-state index contributed by atoms with van der Waals surface area (Å²) in [5, 5.41) is 2.61. The summed E-state index contributed by atoms with van der Waals surface area (Å²) in [4.78, 5) is 30.8. The van der Waals surface area contributed by atoms with Gasteiger partial charge in [-0.05, 0) is 24.6 Å². The summed E-state index contributed by atoms with van der Waals surface area (Å²) in [5.41, 5.74) is -0.278. The zero-order valence-corrected chi connectivity index (χ0v) is 14.1. The Morgan fingerprint density at radius 2 is 2.22 bits per heavy atom. The van der Waals surface area contributed by atoms with Crippen LogP contribution in [0.15, 0.2) is 23.0 Å². The van der Waals surface area contributed by atoms with Crippen molar-refractivity contribution in [3.63, 3.8) is 0 Å². The van der Waals surface area contributed by atoms with Crippen LogP contribution >= 0.6 is 22.9 Å². The van der Waals surface area contributed by atoms with Gasteiger partial charge in [-0.15, -0.1) is 11.3 Å². The highest BCUT2D eigenvalue weighted by atomic mass is 35.5. The number of nitrogens with one attached hydrogen (secondary N) is 2. The lowest BCUT2D eigenvalue weighted by atomic mass is 10.2. The number of hydrogen-bond donors (Lipinski definition) is 2. The number of thiophene rings is 1. The van der Waals surface area contributed by atoms with Crippen LogP contribution in [-0.4, -0.2) is 41.8 Å². The highest BCUT2D eigenvalue weighted by Gasteiger charge is 2.29. The Labute approximate surface area is 140 Å². The second kappa shape index (κ2) is 6.06. The van der Waals surface area contributed by atoms with Gasteiger partial charge >= 0.3 is 5.69 Å². The molecule has 1 amide bonds. The Morgan fingerprint density at radius 1 is 1.43 bits per heavy atom. The second-order valence-corrected chi connectivity index (χ2v) is 9.11. The number of aromatic amines is 1. The molecule has 2 aromatic heterocycles. The Kier molecular flexibility index (Phi) is 4.26. The molecular formula is C13H12ClN3O4S2. The molecule has 0 spiro atoms. The van der Waals surface area contributed by atoms with Gasteiger partial charge in [-0.3, -0.25) is 4.79 Å². The average Bonchev–Trinajstić information content (AvgIpc) is 3.04. The summed E-state index contributed by atoms with van der Waals surface area (Å²) in [6, 6.07) is 4.41. The third kappa shape index (κ3) is 3.80. The van der Waals surface area contributed by atoms with E-state index in [9.17, 15) is 18.0 Å². The van der Waals surface area contributed by atoms with Gasteiger partial charge in [0.1, 0.15) is 5.69 Å². The molecule has 1 aliphatic heterocycles. The molecule has 7 nitrogen and oxygen atoms in total. The van der Waals surface area contributed by atoms with Crippen LogP contribution < -0.4 is 11.0 Å². The van der Waals surface area contributed by atoms with Gasteiger partial charge in [0.05, 0.1) is 26.4 Å². The summed E-state index contributed by atoms with van der Waals surface area (Å²) >= 11 is 7.13. The molecule has 0 aromatic carbocycles. The predicted octanol–water partition coefficient (Wildman–Crippen LogP) is 1.07. The van der Waals surface area contributed by atoms with Crippen molar-refractivity contribution in [1.29, 1.82) is 0 Å². The van der Waals surface area contributed by atoms with E-state index >= 15 is 0 Å². The van der Waals surface area contributed by atoms with Crippen molar-refractivity contribution in [2.45, 2.75) is 12.5 Å². The van der Waals surface area contributed by atoms with Crippen molar-refractivity contribution in [2.24, 2.45) is 0 Å². The van der Waals surface area contributed by atoms with E-state index in [1.807, 2.05) is 0 Å². The van der Waals surface area contributed by atoms with Crippen molar-refractivity contribution >= 4 is 38.7 Å². The van der Waals surface area contributed by atoms with Crippen molar-refractivity contribution in [2.75, 3.05) is 11.5 Å². The van der Waals surface area contributed by atoms with Gasteiger partial charge in [0.25, 0.3) is 5.91 Å². The number of sulfone groups is 1. The number of nitrogens with zero attached hydrogens (tertiary/aromatic N) is 1. The fourth-order valence-electron chi connectivity index (χ4n) is 2.33. The number of carbonyl (C=O) groups excluding carboxylic acids is 1. The molecule has 1 fully saturated rings. The van der Waals surface area contributed by atoms with E-state index in [1.165, 1.54) is 17.4 Å². The zero-order valence-electron chi connectivity index (χ0n) is 11.7. The molecule has 0 aliphatic carbocycles. The van der Waals surface area contributed by atoms with E-state index in [-0.39, 0.29) is 17.2 Å². The van der Waals surface area contributed by atoms with E-state index in [1.54, 1.807) is 12.1 Å². The predicted molar refractivity (Wildman–Crippen MR) is 87.7 cm³/mol. The number of rotatable bonds is 3. The lowest BCUT2D eigenvalue weighted by molar-refractivity contribution is 0.0935. The van der Waals surface area contributed by atoms with Gasteiger partial charge in [-0.25, -0.2) is 13.2 Å². The summed E-state index contributed by atoms with van der Waals surface area (Å²) in [6.45, 7) is 0. The lowest BCUT2D eigenvalue weighted by Crippen LogP contribution is -2.37. The van der Waals surface area contributed by atoms with Crippen molar-refractivity contribution in [3.8, 4) is 10.6 Å².